The highest BCUT2D eigenvalue weighted by molar-refractivity contribution is 6.62. The van der Waals surface area contributed by atoms with Gasteiger partial charge in [0.25, 0.3) is 0 Å². The van der Waals surface area contributed by atoms with E-state index in [-0.39, 0.29) is 18.3 Å². The molecular formula is C17H27BO3. The Morgan fingerprint density at radius 3 is 2.05 bits per heavy atom. The van der Waals surface area contributed by atoms with E-state index in [1.54, 1.807) is 0 Å². The van der Waals surface area contributed by atoms with Crippen LogP contribution < -0.4 is 10.2 Å². The zero-order chi connectivity index (χ0) is 15.5. The van der Waals surface area contributed by atoms with Crippen molar-refractivity contribution in [2.75, 3.05) is 6.61 Å². The first-order valence-electron chi connectivity index (χ1n) is 7.94. The highest BCUT2D eigenvalue weighted by Gasteiger charge is 2.51. The molecule has 0 aliphatic carbocycles. The Balaban J connectivity index is 1.94. The van der Waals surface area contributed by atoms with Crippen LogP contribution in [0, 0.1) is 0 Å². The van der Waals surface area contributed by atoms with Crippen molar-refractivity contribution >= 4 is 12.6 Å². The van der Waals surface area contributed by atoms with Crippen LogP contribution in [0.2, 0.25) is 0 Å². The highest BCUT2D eigenvalue weighted by Crippen LogP contribution is 2.36. The van der Waals surface area contributed by atoms with Gasteiger partial charge in [-0.3, -0.25) is 0 Å². The predicted molar refractivity (Wildman–Crippen MR) is 87.2 cm³/mol. The normalized spacial score (nSPS) is 19.8. The standard InChI is InChI=1S/C17H27BO3/c1-6-7-8-13-19-15-11-9-14(10-12-15)18-20-16(2,3)17(4,5)21-18/h9-12H,6-8,13H2,1-5H3. The van der Waals surface area contributed by atoms with Crippen LogP contribution in [0.15, 0.2) is 24.3 Å². The SMILES string of the molecule is CCCCCOc1ccc(B2OC(C)(C)C(C)(C)O2)cc1. The predicted octanol–water partition coefficient (Wildman–Crippen LogP) is 3.55. The van der Waals surface area contributed by atoms with E-state index in [2.05, 4.69) is 34.6 Å². The third kappa shape index (κ3) is 3.80. The summed E-state index contributed by atoms with van der Waals surface area (Å²) in [6.45, 7) is 11.2. The fourth-order valence-corrected chi connectivity index (χ4v) is 2.24. The van der Waals surface area contributed by atoms with Gasteiger partial charge in [0.1, 0.15) is 5.75 Å². The number of hydrogen-bond acceptors (Lipinski definition) is 3. The molecule has 0 spiro atoms. The van der Waals surface area contributed by atoms with E-state index >= 15 is 0 Å². The van der Waals surface area contributed by atoms with Crippen molar-refractivity contribution in [2.24, 2.45) is 0 Å². The van der Waals surface area contributed by atoms with Crippen molar-refractivity contribution in [1.29, 1.82) is 0 Å². The van der Waals surface area contributed by atoms with Gasteiger partial charge in [0.2, 0.25) is 0 Å². The summed E-state index contributed by atoms with van der Waals surface area (Å²) < 4.78 is 17.8. The second kappa shape index (κ2) is 6.41. The largest absolute Gasteiger partial charge is 0.494 e. The summed E-state index contributed by atoms with van der Waals surface area (Å²) in [5, 5.41) is 0. The lowest BCUT2D eigenvalue weighted by Gasteiger charge is -2.32. The fourth-order valence-electron chi connectivity index (χ4n) is 2.24. The Hall–Kier alpha value is -0.995. The Morgan fingerprint density at radius 2 is 1.52 bits per heavy atom. The molecule has 0 saturated carbocycles. The van der Waals surface area contributed by atoms with E-state index in [1.807, 2.05) is 24.3 Å². The Morgan fingerprint density at radius 1 is 0.952 bits per heavy atom. The number of hydrogen-bond donors (Lipinski definition) is 0. The molecule has 116 valence electrons. The van der Waals surface area contributed by atoms with E-state index in [0.29, 0.717) is 0 Å². The molecule has 0 amide bonds. The monoisotopic (exact) mass is 290 g/mol. The molecule has 0 atom stereocenters. The number of benzene rings is 1. The summed E-state index contributed by atoms with van der Waals surface area (Å²) in [4.78, 5) is 0. The van der Waals surface area contributed by atoms with Crippen LogP contribution in [0.4, 0.5) is 0 Å². The van der Waals surface area contributed by atoms with Crippen molar-refractivity contribution in [3.63, 3.8) is 0 Å². The maximum absolute atomic E-state index is 6.04. The van der Waals surface area contributed by atoms with Crippen LogP contribution in [0.1, 0.15) is 53.9 Å². The molecule has 1 aromatic carbocycles. The zero-order valence-electron chi connectivity index (χ0n) is 13.9. The molecule has 1 aromatic rings. The molecule has 0 aromatic heterocycles. The highest BCUT2D eigenvalue weighted by atomic mass is 16.7. The first-order valence-corrected chi connectivity index (χ1v) is 7.94. The lowest BCUT2D eigenvalue weighted by Crippen LogP contribution is -2.41. The Kier molecular flexibility index (Phi) is 5.00. The average Bonchev–Trinajstić information content (AvgIpc) is 2.64. The molecule has 21 heavy (non-hydrogen) atoms. The van der Waals surface area contributed by atoms with Gasteiger partial charge in [-0.2, -0.15) is 0 Å². The van der Waals surface area contributed by atoms with Crippen LogP contribution in [-0.4, -0.2) is 24.9 Å². The number of unbranched alkanes of at least 4 members (excludes halogenated alkanes) is 2. The maximum Gasteiger partial charge on any atom is 0.494 e. The molecule has 1 fully saturated rings. The van der Waals surface area contributed by atoms with Crippen molar-refractivity contribution < 1.29 is 14.0 Å². The molecule has 4 heteroatoms. The quantitative estimate of drug-likeness (QED) is 0.592. The van der Waals surface area contributed by atoms with Gasteiger partial charge in [0.05, 0.1) is 17.8 Å². The van der Waals surface area contributed by atoms with E-state index in [0.717, 1.165) is 24.2 Å². The summed E-state index contributed by atoms with van der Waals surface area (Å²) in [5.41, 5.74) is 0.439. The first-order chi connectivity index (χ1) is 9.86. The van der Waals surface area contributed by atoms with Crippen LogP contribution >= 0.6 is 0 Å². The molecule has 1 aliphatic rings. The Bertz CT molecular complexity index is 438. The van der Waals surface area contributed by atoms with Gasteiger partial charge in [0, 0.05) is 0 Å². The Labute approximate surface area is 129 Å². The van der Waals surface area contributed by atoms with Gasteiger partial charge in [-0.1, -0.05) is 31.9 Å². The molecule has 0 radical (unpaired) electrons. The van der Waals surface area contributed by atoms with E-state index in [9.17, 15) is 0 Å². The van der Waals surface area contributed by atoms with E-state index < -0.39 is 0 Å². The molecular weight excluding hydrogens is 263 g/mol. The summed E-state index contributed by atoms with van der Waals surface area (Å²) in [7, 11) is -0.302. The third-order valence-electron chi connectivity index (χ3n) is 4.42. The molecule has 3 nitrogen and oxygen atoms in total. The van der Waals surface area contributed by atoms with Gasteiger partial charge in [-0.25, -0.2) is 0 Å². The minimum atomic E-state index is -0.302. The molecule has 1 aliphatic heterocycles. The smallest absolute Gasteiger partial charge is 0.494 e. The van der Waals surface area contributed by atoms with Gasteiger partial charge in [-0.15, -0.1) is 0 Å². The average molecular weight is 290 g/mol. The zero-order valence-corrected chi connectivity index (χ0v) is 13.9. The van der Waals surface area contributed by atoms with Crippen LogP contribution in [0.5, 0.6) is 5.75 Å². The van der Waals surface area contributed by atoms with Crippen LogP contribution in [0.25, 0.3) is 0 Å². The van der Waals surface area contributed by atoms with E-state index in [1.165, 1.54) is 12.8 Å². The molecule has 0 N–H and O–H groups in total. The number of rotatable bonds is 6. The van der Waals surface area contributed by atoms with Crippen molar-refractivity contribution in [3.8, 4) is 5.75 Å². The van der Waals surface area contributed by atoms with Crippen molar-refractivity contribution in [2.45, 2.75) is 65.1 Å². The van der Waals surface area contributed by atoms with Crippen molar-refractivity contribution in [1.82, 2.24) is 0 Å². The molecule has 0 bridgehead atoms. The van der Waals surface area contributed by atoms with Gasteiger partial charge in [-0.05, 0) is 51.7 Å². The summed E-state index contributed by atoms with van der Waals surface area (Å²) in [6, 6.07) is 8.03. The topological polar surface area (TPSA) is 27.7 Å². The second-order valence-corrected chi connectivity index (χ2v) is 6.71. The van der Waals surface area contributed by atoms with Crippen LogP contribution in [-0.2, 0) is 9.31 Å². The molecule has 2 rings (SSSR count). The third-order valence-corrected chi connectivity index (χ3v) is 4.42. The van der Waals surface area contributed by atoms with Gasteiger partial charge >= 0.3 is 7.12 Å². The van der Waals surface area contributed by atoms with E-state index in [4.69, 9.17) is 14.0 Å². The minimum absolute atomic E-state index is 0.299. The summed E-state index contributed by atoms with van der Waals surface area (Å²) in [6.07, 6.45) is 3.53. The minimum Gasteiger partial charge on any atom is -0.494 e. The second-order valence-electron chi connectivity index (χ2n) is 6.71. The molecule has 1 saturated heterocycles. The van der Waals surface area contributed by atoms with Crippen LogP contribution in [0.3, 0.4) is 0 Å². The van der Waals surface area contributed by atoms with Gasteiger partial charge < -0.3 is 14.0 Å². The number of ether oxygens (including phenoxy) is 1. The lowest BCUT2D eigenvalue weighted by atomic mass is 9.79. The molecule has 1 heterocycles. The lowest BCUT2D eigenvalue weighted by molar-refractivity contribution is 0.00578. The summed E-state index contributed by atoms with van der Waals surface area (Å²) >= 11 is 0. The van der Waals surface area contributed by atoms with Crippen molar-refractivity contribution in [3.05, 3.63) is 24.3 Å². The first kappa shape index (κ1) is 16.4. The van der Waals surface area contributed by atoms with Gasteiger partial charge in [0.15, 0.2) is 0 Å². The fraction of sp³-hybridized carbons (Fsp3) is 0.647. The molecule has 0 unspecified atom stereocenters. The summed E-state index contributed by atoms with van der Waals surface area (Å²) in [5.74, 6) is 0.909. The maximum atomic E-state index is 6.04.